The smallest absolute Gasteiger partial charge is 0.285 e. The Hall–Kier alpha value is -1.21. The van der Waals surface area contributed by atoms with E-state index in [1.165, 1.54) is 11.3 Å². The molecular weight excluding hydrogens is 264 g/mol. The third-order valence-electron chi connectivity index (χ3n) is 2.68. The van der Waals surface area contributed by atoms with Crippen LogP contribution in [0.2, 0.25) is 0 Å². The topological polar surface area (TPSA) is 67.4 Å². The Balaban J connectivity index is 2.71. The maximum absolute atomic E-state index is 12.3. The maximum Gasteiger partial charge on any atom is 0.285 e. The molecule has 0 aromatic carbocycles. The van der Waals surface area contributed by atoms with Crippen molar-refractivity contribution in [2.75, 3.05) is 32.1 Å². The Kier molecular flexibility index (Phi) is 6.72. The lowest BCUT2D eigenvalue weighted by molar-refractivity contribution is 0.0578. The minimum Gasteiger partial charge on any atom is -0.383 e. The molecule has 7 heteroatoms. The van der Waals surface area contributed by atoms with Crippen LogP contribution < -0.4 is 5.32 Å². The van der Waals surface area contributed by atoms with Gasteiger partial charge >= 0.3 is 0 Å². The zero-order chi connectivity index (χ0) is 14.3. The third-order valence-corrected chi connectivity index (χ3v) is 3.54. The van der Waals surface area contributed by atoms with E-state index in [9.17, 15) is 4.79 Å². The molecular formula is C12H22N4O2S. The van der Waals surface area contributed by atoms with Gasteiger partial charge in [0, 0.05) is 20.2 Å². The molecule has 0 saturated heterocycles. The van der Waals surface area contributed by atoms with E-state index in [1.807, 2.05) is 13.8 Å². The molecule has 1 N–H and O–H groups in total. The molecule has 0 radical (unpaired) electrons. The predicted octanol–water partition coefficient (Wildman–Crippen LogP) is 1.86. The molecule has 0 spiro atoms. The van der Waals surface area contributed by atoms with Crippen LogP contribution in [0.3, 0.4) is 0 Å². The van der Waals surface area contributed by atoms with E-state index in [-0.39, 0.29) is 11.9 Å². The average Bonchev–Trinajstić information content (AvgIpc) is 2.86. The van der Waals surface area contributed by atoms with Crippen LogP contribution in [0, 0.1) is 0 Å². The van der Waals surface area contributed by atoms with Crippen LogP contribution in [0.4, 0.5) is 5.13 Å². The van der Waals surface area contributed by atoms with Gasteiger partial charge in [-0.1, -0.05) is 18.3 Å². The largest absolute Gasteiger partial charge is 0.383 e. The van der Waals surface area contributed by atoms with Gasteiger partial charge in [-0.2, -0.15) is 0 Å². The van der Waals surface area contributed by atoms with Crippen LogP contribution >= 0.6 is 11.3 Å². The van der Waals surface area contributed by atoms with Gasteiger partial charge in [0.2, 0.25) is 10.1 Å². The molecule has 1 heterocycles. The molecule has 0 bridgehead atoms. The fourth-order valence-electron chi connectivity index (χ4n) is 1.72. The molecule has 1 atom stereocenters. The van der Waals surface area contributed by atoms with Crippen molar-refractivity contribution in [3.05, 3.63) is 5.01 Å². The summed E-state index contributed by atoms with van der Waals surface area (Å²) >= 11 is 1.29. The molecule has 0 aliphatic carbocycles. The van der Waals surface area contributed by atoms with E-state index in [0.717, 1.165) is 13.0 Å². The fourth-order valence-corrected chi connectivity index (χ4v) is 2.45. The second-order valence-corrected chi connectivity index (χ2v) is 5.21. The highest BCUT2D eigenvalue weighted by Crippen LogP contribution is 2.18. The number of aromatic nitrogens is 2. The second-order valence-electron chi connectivity index (χ2n) is 4.23. The van der Waals surface area contributed by atoms with E-state index in [4.69, 9.17) is 4.74 Å². The van der Waals surface area contributed by atoms with Crippen LogP contribution in [0.25, 0.3) is 0 Å². The number of nitrogens with one attached hydrogen (secondary N) is 1. The molecule has 0 aliphatic rings. The number of hydrogen-bond donors (Lipinski definition) is 1. The van der Waals surface area contributed by atoms with Gasteiger partial charge in [0.1, 0.15) is 0 Å². The van der Waals surface area contributed by atoms with E-state index in [0.29, 0.717) is 23.3 Å². The Bertz CT molecular complexity index is 397. The number of anilines is 1. The van der Waals surface area contributed by atoms with Crippen molar-refractivity contribution in [2.45, 2.75) is 33.2 Å². The van der Waals surface area contributed by atoms with Gasteiger partial charge in [-0.3, -0.25) is 4.79 Å². The SMILES string of the molecule is CCCNc1nnc(C(=O)N(CC)C(C)COC)s1. The number of rotatable bonds is 8. The monoisotopic (exact) mass is 286 g/mol. The predicted molar refractivity (Wildman–Crippen MR) is 76.7 cm³/mol. The van der Waals surface area contributed by atoms with Gasteiger partial charge in [0.05, 0.1) is 12.6 Å². The molecule has 1 aromatic rings. The number of carbonyl (C=O) groups is 1. The molecule has 6 nitrogen and oxygen atoms in total. The zero-order valence-corrected chi connectivity index (χ0v) is 12.8. The highest BCUT2D eigenvalue weighted by Gasteiger charge is 2.23. The molecule has 1 unspecified atom stereocenters. The van der Waals surface area contributed by atoms with Crippen molar-refractivity contribution >= 4 is 22.4 Å². The van der Waals surface area contributed by atoms with Crippen LogP contribution in [0.15, 0.2) is 0 Å². The zero-order valence-electron chi connectivity index (χ0n) is 12.0. The summed E-state index contributed by atoms with van der Waals surface area (Å²) in [6.07, 6.45) is 1.01. The van der Waals surface area contributed by atoms with E-state index in [1.54, 1.807) is 12.0 Å². The quantitative estimate of drug-likeness (QED) is 0.790. The number of hydrogen-bond acceptors (Lipinski definition) is 6. The number of ether oxygens (including phenoxy) is 1. The maximum atomic E-state index is 12.3. The molecule has 0 saturated carbocycles. The van der Waals surface area contributed by atoms with Crippen molar-refractivity contribution < 1.29 is 9.53 Å². The highest BCUT2D eigenvalue weighted by atomic mass is 32.1. The second kappa shape index (κ2) is 8.06. The average molecular weight is 286 g/mol. The van der Waals surface area contributed by atoms with Gasteiger partial charge in [0.25, 0.3) is 5.91 Å². The number of amides is 1. The molecule has 0 aliphatic heterocycles. The summed E-state index contributed by atoms with van der Waals surface area (Å²) < 4.78 is 5.09. The summed E-state index contributed by atoms with van der Waals surface area (Å²) in [5, 5.41) is 12.2. The van der Waals surface area contributed by atoms with E-state index in [2.05, 4.69) is 22.4 Å². The number of nitrogens with zero attached hydrogens (tertiary/aromatic N) is 3. The summed E-state index contributed by atoms with van der Waals surface area (Å²) in [5.74, 6) is -0.0888. The minimum absolute atomic E-state index is 0.0263. The normalized spacial score (nSPS) is 12.2. The lowest BCUT2D eigenvalue weighted by Gasteiger charge is -2.26. The van der Waals surface area contributed by atoms with Gasteiger partial charge in [-0.05, 0) is 20.3 Å². The fraction of sp³-hybridized carbons (Fsp3) is 0.750. The first-order valence-corrected chi connectivity index (χ1v) is 7.32. The Morgan fingerprint density at radius 2 is 2.21 bits per heavy atom. The third kappa shape index (κ3) is 4.43. The number of carbonyl (C=O) groups excluding carboxylic acids is 1. The molecule has 1 amide bonds. The van der Waals surface area contributed by atoms with Crippen molar-refractivity contribution in [3.8, 4) is 0 Å². The highest BCUT2D eigenvalue weighted by molar-refractivity contribution is 7.17. The van der Waals surface area contributed by atoms with Crippen LogP contribution in [0.1, 0.15) is 37.0 Å². The molecule has 1 aromatic heterocycles. The van der Waals surface area contributed by atoms with E-state index < -0.39 is 0 Å². The summed E-state index contributed by atoms with van der Waals surface area (Å²) in [5.41, 5.74) is 0. The van der Waals surface area contributed by atoms with Crippen molar-refractivity contribution in [1.29, 1.82) is 0 Å². The van der Waals surface area contributed by atoms with E-state index >= 15 is 0 Å². The first kappa shape index (κ1) is 15.8. The summed E-state index contributed by atoms with van der Waals surface area (Å²) in [4.78, 5) is 14.1. The molecule has 108 valence electrons. The Labute approximate surface area is 118 Å². The molecule has 1 rings (SSSR count). The van der Waals surface area contributed by atoms with Crippen molar-refractivity contribution in [1.82, 2.24) is 15.1 Å². The molecule has 0 fully saturated rings. The Morgan fingerprint density at radius 3 is 2.79 bits per heavy atom. The van der Waals surface area contributed by atoms with Crippen LogP contribution in [0.5, 0.6) is 0 Å². The Morgan fingerprint density at radius 1 is 1.47 bits per heavy atom. The van der Waals surface area contributed by atoms with Crippen molar-refractivity contribution in [3.63, 3.8) is 0 Å². The first-order valence-electron chi connectivity index (χ1n) is 6.51. The lowest BCUT2D eigenvalue weighted by atomic mass is 10.3. The van der Waals surface area contributed by atoms with Gasteiger partial charge in [-0.15, -0.1) is 10.2 Å². The van der Waals surface area contributed by atoms with Gasteiger partial charge < -0.3 is 15.0 Å². The first-order chi connectivity index (χ1) is 9.13. The van der Waals surface area contributed by atoms with Crippen molar-refractivity contribution in [2.24, 2.45) is 0 Å². The molecule has 19 heavy (non-hydrogen) atoms. The van der Waals surface area contributed by atoms with Gasteiger partial charge in [-0.25, -0.2) is 0 Å². The summed E-state index contributed by atoms with van der Waals surface area (Å²) in [7, 11) is 1.63. The lowest BCUT2D eigenvalue weighted by Crippen LogP contribution is -2.40. The standard InChI is InChI=1S/C12H22N4O2S/c1-5-7-13-12-15-14-10(19-12)11(17)16(6-2)9(3)8-18-4/h9H,5-8H2,1-4H3,(H,13,15). The van der Waals surface area contributed by atoms with Gasteiger partial charge in [0.15, 0.2) is 0 Å². The van der Waals surface area contributed by atoms with Crippen LogP contribution in [-0.2, 0) is 4.74 Å². The number of methoxy groups -OCH3 is 1. The summed E-state index contributed by atoms with van der Waals surface area (Å²) in [6.45, 7) is 7.95. The number of likely N-dealkylation sites (N-methyl/N-ethyl adjacent to an activating group) is 1. The van der Waals surface area contributed by atoms with Crippen LogP contribution in [-0.4, -0.2) is 53.9 Å². The minimum atomic E-state index is -0.0888. The summed E-state index contributed by atoms with van der Waals surface area (Å²) in [6, 6.07) is 0.0263.